The van der Waals surface area contributed by atoms with Gasteiger partial charge in [0.15, 0.2) is 5.54 Å². The molecule has 2 unspecified atom stereocenters. The Hall–Kier alpha value is -2.65. The van der Waals surface area contributed by atoms with Crippen molar-refractivity contribution in [1.29, 1.82) is 5.41 Å². The number of rotatable bonds is 4. The van der Waals surface area contributed by atoms with E-state index >= 15 is 0 Å². The first kappa shape index (κ1) is 23.0. The van der Waals surface area contributed by atoms with Gasteiger partial charge in [-0.15, -0.1) is 0 Å². The summed E-state index contributed by atoms with van der Waals surface area (Å²) in [5, 5.41) is 11.2. The second-order valence-electron chi connectivity index (χ2n) is 7.64. The van der Waals surface area contributed by atoms with Crippen molar-refractivity contribution in [3.8, 4) is 0 Å². The number of amides is 1. The predicted octanol–water partition coefficient (Wildman–Crippen LogP) is 4.11. The van der Waals surface area contributed by atoms with Gasteiger partial charge in [0.2, 0.25) is 0 Å². The summed E-state index contributed by atoms with van der Waals surface area (Å²) in [5.41, 5.74) is 3.61. The van der Waals surface area contributed by atoms with E-state index in [1.54, 1.807) is 6.92 Å². The monoisotopic (exact) mass is 454 g/mol. The van der Waals surface area contributed by atoms with Crippen LogP contribution in [0.1, 0.15) is 25.8 Å². The molecule has 1 amide bonds. The van der Waals surface area contributed by atoms with Crippen molar-refractivity contribution in [3.05, 3.63) is 51.8 Å². The highest BCUT2D eigenvalue weighted by Gasteiger charge is 2.46. The Morgan fingerprint density at radius 2 is 2.16 bits per heavy atom. The van der Waals surface area contributed by atoms with Gasteiger partial charge in [-0.3, -0.25) is 9.79 Å². The van der Waals surface area contributed by atoms with Crippen LogP contribution in [-0.2, 0) is 15.1 Å². The summed E-state index contributed by atoms with van der Waals surface area (Å²) in [6.07, 6.45) is -1.20. The zero-order valence-corrected chi connectivity index (χ0v) is 17.7. The predicted molar refractivity (Wildman–Crippen MR) is 113 cm³/mol. The molecular formula is C21H22ClF3N4O2. The third kappa shape index (κ3) is 4.52. The zero-order chi connectivity index (χ0) is 22.9. The average molecular weight is 455 g/mol. The van der Waals surface area contributed by atoms with E-state index in [1.807, 2.05) is 6.92 Å². The molecule has 1 aliphatic heterocycles. The molecule has 0 saturated carbocycles. The second kappa shape index (κ2) is 8.84. The van der Waals surface area contributed by atoms with Gasteiger partial charge in [-0.2, -0.15) is 0 Å². The molecule has 1 aromatic carbocycles. The largest absolute Gasteiger partial charge is 0.385 e. The first-order chi connectivity index (χ1) is 14.5. The second-order valence-corrected chi connectivity index (χ2v) is 8.12. The number of nitrogens with zero attached hydrogens (tertiary/aromatic N) is 1. The molecule has 2 atom stereocenters. The van der Waals surface area contributed by atoms with Crippen molar-refractivity contribution in [2.75, 3.05) is 18.5 Å². The Kier molecular flexibility index (Phi) is 6.56. The van der Waals surface area contributed by atoms with E-state index in [0.717, 1.165) is 12.1 Å². The number of ether oxygens (including phenoxy) is 1. The van der Waals surface area contributed by atoms with Gasteiger partial charge in [0.1, 0.15) is 18.3 Å². The first-order valence-electron chi connectivity index (χ1n) is 9.52. The molecule has 10 heteroatoms. The number of halogens is 4. The lowest BCUT2D eigenvalue weighted by Gasteiger charge is -2.33. The number of amidine groups is 1. The molecule has 31 heavy (non-hydrogen) atoms. The quantitative estimate of drug-likeness (QED) is 0.638. The van der Waals surface area contributed by atoms with Crippen molar-refractivity contribution in [2.24, 2.45) is 16.6 Å². The van der Waals surface area contributed by atoms with Gasteiger partial charge < -0.3 is 21.2 Å². The number of alkyl halides is 2. The number of carbonyl (C=O) groups excluding carboxylic acids is 1. The fourth-order valence-corrected chi connectivity index (χ4v) is 3.96. The Labute approximate surface area is 182 Å². The summed E-state index contributed by atoms with van der Waals surface area (Å²) in [7, 11) is 0. The van der Waals surface area contributed by atoms with Crippen LogP contribution in [0.2, 0.25) is 0 Å². The third-order valence-electron chi connectivity index (χ3n) is 5.40. The molecule has 1 heterocycles. The maximum absolute atomic E-state index is 14.6. The van der Waals surface area contributed by atoms with Crippen LogP contribution in [0.25, 0.3) is 0 Å². The van der Waals surface area contributed by atoms with Crippen molar-refractivity contribution >= 4 is 34.7 Å². The van der Waals surface area contributed by atoms with Crippen molar-refractivity contribution in [2.45, 2.75) is 32.2 Å². The number of hydrogen-bond donors (Lipinski definition) is 3. The van der Waals surface area contributed by atoms with E-state index in [-0.39, 0.29) is 35.3 Å². The maximum Gasteiger partial charge on any atom is 0.269 e. The summed E-state index contributed by atoms with van der Waals surface area (Å²) in [6, 6.07) is 3.30. The van der Waals surface area contributed by atoms with E-state index in [2.05, 4.69) is 10.3 Å². The fourth-order valence-electron chi connectivity index (χ4n) is 3.62. The summed E-state index contributed by atoms with van der Waals surface area (Å²) >= 11 is 6.10. The molecule has 2 aliphatic rings. The molecule has 3 rings (SSSR count). The van der Waals surface area contributed by atoms with Crippen LogP contribution in [0.4, 0.5) is 18.9 Å². The van der Waals surface area contributed by atoms with Crippen molar-refractivity contribution in [1.82, 2.24) is 0 Å². The summed E-state index contributed by atoms with van der Waals surface area (Å²) in [4.78, 5) is 16.7. The van der Waals surface area contributed by atoms with Crippen molar-refractivity contribution < 1.29 is 22.7 Å². The van der Waals surface area contributed by atoms with Crippen LogP contribution in [0.15, 0.2) is 45.4 Å². The Balaban J connectivity index is 1.99. The van der Waals surface area contributed by atoms with E-state index in [0.29, 0.717) is 17.0 Å². The van der Waals surface area contributed by atoms with E-state index < -0.39 is 35.9 Å². The van der Waals surface area contributed by atoms with Crippen LogP contribution >= 0.6 is 11.6 Å². The number of nitrogens with one attached hydrogen (secondary N) is 2. The standard InChI is InChI=1S/C21H22ClF3N4O2/c1-10-5-12(22)6-16(26)18(11(10)2)19(30)28-13-3-4-15(23)14(7-13)21(20(24)25)9-31-8-17(27)29-21/h3-4,6-7,10,20,26H,5,8-9H2,1-2H3,(H2,27,29)(H,28,30). The minimum atomic E-state index is -3.10. The molecule has 0 spiro atoms. The minimum absolute atomic E-state index is 0.0613. The van der Waals surface area contributed by atoms with Crippen LogP contribution in [0.3, 0.4) is 0 Å². The van der Waals surface area contributed by atoms with Crippen LogP contribution in [-0.4, -0.2) is 37.1 Å². The molecule has 0 aromatic heterocycles. The van der Waals surface area contributed by atoms with Gasteiger partial charge in [0.05, 0.1) is 17.9 Å². The molecule has 6 nitrogen and oxygen atoms in total. The van der Waals surface area contributed by atoms with Crippen LogP contribution in [0.5, 0.6) is 0 Å². The lowest BCUT2D eigenvalue weighted by molar-refractivity contribution is -0.112. The molecule has 1 aliphatic carbocycles. The Bertz CT molecular complexity index is 1020. The van der Waals surface area contributed by atoms with Gasteiger partial charge >= 0.3 is 0 Å². The van der Waals surface area contributed by atoms with E-state index in [1.165, 1.54) is 12.1 Å². The molecule has 4 N–H and O–H groups in total. The Morgan fingerprint density at radius 1 is 1.45 bits per heavy atom. The van der Waals surface area contributed by atoms with E-state index in [4.69, 9.17) is 27.5 Å². The molecule has 0 fully saturated rings. The topological polar surface area (TPSA) is 101 Å². The molecule has 0 radical (unpaired) electrons. The number of anilines is 1. The number of carbonyl (C=O) groups is 1. The highest BCUT2D eigenvalue weighted by atomic mass is 35.5. The van der Waals surface area contributed by atoms with Crippen LogP contribution < -0.4 is 11.1 Å². The Morgan fingerprint density at radius 3 is 2.81 bits per heavy atom. The van der Waals surface area contributed by atoms with Gasteiger partial charge in [-0.05, 0) is 43.5 Å². The molecule has 0 saturated heterocycles. The number of benzene rings is 1. The van der Waals surface area contributed by atoms with Gasteiger partial charge in [-0.1, -0.05) is 24.1 Å². The summed E-state index contributed by atoms with van der Waals surface area (Å²) < 4.78 is 47.6. The van der Waals surface area contributed by atoms with Gasteiger partial charge in [0, 0.05) is 16.3 Å². The number of allylic oxidation sites excluding steroid dienone is 3. The lowest BCUT2D eigenvalue weighted by Crippen LogP contribution is -2.45. The van der Waals surface area contributed by atoms with Gasteiger partial charge in [-0.25, -0.2) is 13.2 Å². The van der Waals surface area contributed by atoms with Crippen LogP contribution in [0, 0.1) is 17.1 Å². The number of hydrogen-bond acceptors (Lipinski definition) is 5. The first-order valence-corrected chi connectivity index (χ1v) is 9.90. The molecule has 1 aromatic rings. The highest BCUT2D eigenvalue weighted by Crippen LogP contribution is 2.38. The maximum atomic E-state index is 14.6. The zero-order valence-electron chi connectivity index (χ0n) is 16.9. The molecular weight excluding hydrogens is 433 g/mol. The summed E-state index contributed by atoms with van der Waals surface area (Å²) in [5.74, 6) is -1.80. The minimum Gasteiger partial charge on any atom is -0.385 e. The number of aliphatic imine (C=N–C) groups is 1. The normalized spacial score (nSPS) is 24.6. The smallest absolute Gasteiger partial charge is 0.269 e. The summed E-state index contributed by atoms with van der Waals surface area (Å²) in [6.45, 7) is 2.92. The van der Waals surface area contributed by atoms with E-state index in [9.17, 15) is 18.0 Å². The third-order valence-corrected chi connectivity index (χ3v) is 5.66. The molecule has 0 bridgehead atoms. The highest BCUT2D eigenvalue weighted by molar-refractivity contribution is 6.35. The number of nitrogens with two attached hydrogens (primary N) is 1. The fraction of sp³-hybridized carbons (Fsp3) is 0.381. The van der Waals surface area contributed by atoms with Gasteiger partial charge in [0.25, 0.3) is 12.3 Å². The van der Waals surface area contributed by atoms with Crippen molar-refractivity contribution in [3.63, 3.8) is 0 Å². The average Bonchev–Trinajstić information content (AvgIpc) is 2.77. The lowest BCUT2D eigenvalue weighted by atomic mass is 9.89. The molecule has 166 valence electrons. The SMILES string of the molecule is CC1=C(C(=O)Nc2ccc(F)c(C3(C(F)F)COCC(N)=N3)c2)C(=N)C=C(Cl)CC1C.